The Bertz CT molecular complexity index is 433. The molecule has 0 aromatic carbocycles. The first-order chi connectivity index (χ1) is 10.2. The van der Waals surface area contributed by atoms with Crippen LogP contribution < -0.4 is 0 Å². The normalized spacial score (nSPS) is 9.64. The number of rotatable bonds is 11. The van der Waals surface area contributed by atoms with Crippen molar-refractivity contribution in [2.24, 2.45) is 0 Å². The fourth-order valence-corrected chi connectivity index (χ4v) is 1.18. The quantitative estimate of drug-likeness (QED) is 0.327. The summed E-state index contributed by atoms with van der Waals surface area (Å²) in [6, 6.07) is 0. The minimum Gasteiger partial charge on any atom is -0.478 e. The van der Waals surface area contributed by atoms with E-state index in [0.717, 1.165) is 0 Å². The molecule has 0 unspecified atom stereocenters. The molecule has 0 amide bonds. The van der Waals surface area contributed by atoms with Crippen LogP contribution in [0.25, 0.3) is 0 Å². The molecule has 122 valence electrons. The third-order valence-electron chi connectivity index (χ3n) is 2.39. The average molecular weight is 314 g/mol. The predicted molar refractivity (Wildman–Crippen MR) is 73.9 cm³/mol. The molecular weight excluding hydrogens is 296 g/mol. The standard InChI is InChI=1S/C14H18O8/c1-9(13(17)18)7-11(15)21-5-3-4-6-22-12(16)8-10(2)14(19)20/h1-8H2,(H,17,18)(H,19,20). The Kier molecular flexibility index (Phi) is 8.92. The Balaban J connectivity index is 3.66. The smallest absolute Gasteiger partial charge is 0.331 e. The molecule has 0 saturated heterocycles. The zero-order chi connectivity index (χ0) is 17.1. The number of esters is 2. The van der Waals surface area contributed by atoms with Gasteiger partial charge in [-0.3, -0.25) is 9.59 Å². The van der Waals surface area contributed by atoms with Crippen molar-refractivity contribution in [3.05, 3.63) is 24.3 Å². The number of carboxylic acid groups (broad SMARTS) is 2. The van der Waals surface area contributed by atoms with E-state index >= 15 is 0 Å². The summed E-state index contributed by atoms with van der Waals surface area (Å²) in [6.45, 7) is 6.52. The van der Waals surface area contributed by atoms with E-state index in [2.05, 4.69) is 13.2 Å². The minimum absolute atomic E-state index is 0.0606. The van der Waals surface area contributed by atoms with Gasteiger partial charge in [-0.15, -0.1) is 0 Å². The van der Waals surface area contributed by atoms with Gasteiger partial charge in [0.15, 0.2) is 0 Å². The molecular formula is C14H18O8. The van der Waals surface area contributed by atoms with Gasteiger partial charge in [-0.25, -0.2) is 9.59 Å². The lowest BCUT2D eigenvalue weighted by molar-refractivity contribution is -0.146. The second kappa shape index (κ2) is 10.1. The number of carbonyl (C=O) groups is 4. The van der Waals surface area contributed by atoms with Gasteiger partial charge in [0.25, 0.3) is 0 Å². The topological polar surface area (TPSA) is 127 Å². The van der Waals surface area contributed by atoms with Crippen LogP contribution in [0, 0.1) is 0 Å². The first-order valence-corrected chi connectivity index (χ1v) is 6.37. The van der Waals surface area contributed by atoms with Crippen LogP contribution in [-0.2, 0) is 28.7 Å². The molecule has 8 nitrogen and oxygen atoms in total. The van der Waals surface area contributed by atoms with E-state index in [-0.39, 0.29) is 37.2 Å². The second-order valence-electron chi connectivity index (χ2n) is 4.32. The molecule has 0 saturated carbocycles. The molecule has 0 aliphatic heterocycles. The van der Waals surface area contributed by atoms with Gasteiger partial charge in [0.2, 0.25) is 0 Å². The van der Waals surface area contributed by atoms with Crippen LogP contribution >= 0.6 is 0 Å². The number of ether oxygens (including phenoxy) is 2. The van der Waals surface area contributed by atoms with Crippen molar-refractivity contribution in [1.82, 2.24) is 0 Å². The molecule has 0 aromatic heterocycles. The number of aliphatic carboxylic acids is 2. The van der Waals surface area contributed by atoms with Gasteiger partial charge in [-0.05, 0) is 12.8 Å². The fourth-order valence-electron chi connectivity index (χ4n) is 1.18. The van der Waals surface area contributed by atoms with Crippen molar-refractivity contribution < 1.29 is 38.9 Å². The van der Waals surface area contributed by atoms with Crippen molar-refractivity contribution in [3.8, 4) is 0 Å². The lowest BCUT2D eigenvalue weighted by Crippen LogP contribution is -2.12. The van der Waals surface area contributed by atoms with Crippen molar-refractivity contribution in [3.63, 3.8) is 0 Å². The van der Waals surface area contributed by atoms with E-state index in [0.29, 0.717) is 12.8 Å². The van der Waals surface area contributed by atoms with Crippen molar-refractivity contribution >= 4 is 23.9 Å². The Morgan fingerprint density at radius 2 is 1.05 bits per heavy atom. The van der Waals surface area contributed by atoms with Gasteiger partial charge in [0.1, 0.15) is 0 Å². The van der Waals surface area contributed by atoms with Crippen molar-refractivity contribution in [1.29, 1.82) is 0 Å². The van der Waals surface area contributed by atoms with E-state index < -0.39 is 23.9 Å². The Labute approximate surface area is 127 Å². The molecule has 0 aliphatic carbocycles. The largest absolute Gasteiger partial charge is 0.478 e. The van der Waals surface area contributed by atoms with Gasteiger partial charge in [0, 0.05) is 11.1 Å². The fraction of sp³-hybridized carbons (Fsp3) is 0.429. The molecule has 0 aromatic rings. The van der Waals surface area contributed by atoms with Crippen LogP contribution in [0.1, 0.15) is 25.7 Å². The maximum absolute atomic E-state index is 11.2. The summed E-state index contributed by atoms with van der Waals surface area (Å²) in [5.41, 5.74) is -0.504. The highest BCUT2D eigenvalue weighted by molar-refractivity contribution is 5.92. The highest BCUT2D eigenvalue weighted by atomic mass is 16.5. The molecule has 0 bridgehead atoms. The highest BCUT2D eigenvalue weighted by Crippen LogP contribution is 2.03. The summed E-state index contributed by atoms with van der Waals surface area (Å²) >= 11 is 0. The van der Waals surface area contributed by atoms with Crippen LogP contribution in [0.5, 0.6) is 0 Å². The monoisotopic (exact) mass is 314 g/mol. The van der Waals surface area contributed by atoms with E-state index in [4.69, 9.17) is 19.7 Å². The van der Waals surface area contributed by atoms with Gasteiger partial charge in [0.05, 0.1) is 26.1 Å². The zero-order valence-electron chi connectivity index (χ0n) is 12.0. The Morgan fingerprint density at radius 3 is 1.32 bits per heavy atom. The second-order valence-corrected chi connectivity index (χ2v) is 4.32. The van der Waals surface area contributed by atoms with Crippen LogP contribution in [0.15, 0.2) is 24.3 Å². The summed E-state index contributed by atoms with van der Waals surface area (Å²) in [4.78, 5) is 43.2. The Morgan fingerprint density at radius 1 is 0.727 bits per heavy atom. The maximum Gasteiger partial charge on any atom is 0.331 e. The van der Waals surface area contributed by atoms with Crippen molar-refractivity contribution in [2.75, 3.05) is 13.2 Å². The van der Waals surface area contributed by atoms with Crippen LogP contribution in [0.3, 0.4) is 0 Å². The molecule has 2 N–H and O–H groups in total. The summed E-state index contributed by atoms with van der Waals surface area (Å²) in [5, 5.41) is 17.0. The SMILES string of the molecule is C=C(CC(=O)OCCCCOC(=O)CC(=C)C(=O)O)C(=O)O. The third-order valence-corrected chi connectivity index (χ3v) is 2.39. The molecule has 0 heterocycles. The molecule has 0 fully saturated rings. The van der Waals surface area contributed by atoms with E-state index in [1.54, 1.807) is 0 Å². The molecule has 0 radical (unpaired) electrons. The number of carbonyl (C=O) groups excluding carboxylic acids is 2. The first kappa shape index (κ1) is 19.4. The highest BCUT2D eigenvalue weighted by Gasteiger charge is 2.12. The van der Waals surface area contributed by atoms with Crippen LogP contribution in [-0.4, -0.2) is 47.3 Å². The molecule has 0 atom stereocenters. The predicted octanol–water partition coefficient (Wildman–Crippen LogP) is 0.915. The average Bonchev–Trinajstić information content (AvgIpc) is 2.42. The summed E-state index contributed by atoms with van der Waals surface area (Å²) in [6.07, 6.45) is 0.0557. The van der Waals surface area contributed by atoms with Gasteiger partial charge in [-0.1, -0.05) is 13.2 Å². The molecule has 0 rings (SSSR count). The third kappa shape index (κ3) is 9.29. The van der Waals surface area contributed by atoms with Gasteiger partial charge < -0.3 is 19.7 Å². The number of unbranched alkanes of at least 4 members (excludes halogenated alkanes) is 1. The minimum atomic E-state index is -1.26. The van der Waals surface area contributed by atoms with E-state index in [9.17, 15) is 19.2 Å². The number of hydrogen-bond acceptors (Lipinski definition) is 6. The first-order valence-electron chi connectivity index (χ1n) is 6.37. The van der Waals surface area contributed by atoms with Crippen LogP contribution in [0.2, 0.25) is 0 Å². The van der Waals surface area contributed by atoms with Gasteiger partial charge >= 0.3 is 23.9 Å². The summed E-state index contributed by atoms with van der Waals surface area (Å²) < 4.78 is 9.54. The molecule has 0 spiro atoms. The molecule has 22 heavy (non-hydrogen) atoms. The maximum atomic E-state index is 11.2. The number of carboxylic acids is 2. The van der Waals surface area contributed by atoms with E-state index in [1.165, 1.54) is 0 Å². The van der Waals surface area contributed by atoms with Gasteiger partial charge in [-0.2, -0.15) is 0 Å². The Hall–Kier alpha value is -2.64. The summed E-state index contributed by atoms with van der Waals surface area (Å²) in [5.74, 6) is -3.90. The number of hydrogen-bond donors (Lipinski definition) is 2. The summed E-state index contributed by atoms with van der Waals surface area (Å²) in [7, 11) is 0. The van der Waals surface area contributed by atoms with Crippen LogP contribution in [0.4, 0.5) is 0 Å². The molecule has 8 heteroatoms. The van der Waals surface area contributed by atoms with Crippen molar-refractivity contribution in [2.45, 2.75) is 25.7 Å². The lowest BCUT2D eigenvalue weighted by Gasteiger charge is -2.06. The van der Waals surface area contributed by atoms with E-state index in [1.807, 2.05) is 0 Å². The lowest BCUT2D eigenvalue weighted by atomic mass is 10.2. The molecule has 0 aliphatic rings. The zero-order valence-corrected chi connectivity index (χ0v) is 12.0.